The molecule has 2 aromatic carbocycles. The van der Waals surface area contributed by atoms with E-state index in [1.165, 1.54) is 12.1 Å². The van der Waals surface area contributed by atoms with Gasteiger partial charge in [0.1, 0.15) is 23.5 Å². The topological polar surface area (TPSA) is 124 Å². The first kappa shape index (κ1) is 22.9. The molecule has 9 nitrogen and oxygen atoms in total. The van der Waals surface area contributed by atoms with Crippen molar-refractivity contribution in [3.63, 3.8) is 0 Å². The second-order valence-corrected chi connectivity index (χ2v) is 9.21. The number of esters is 1. The minimum absolute atomic E-state index is 0.0603. The first-order chi connectivity index (χ1) is 16.8. The second kappa shape index (κ2) is 9.07. The predicted octanol–water partition coefficient (Wildman–Crippen LogP) is 3.89. The summed E-state index contributed by atoms with van der Waals surface area (Å²) in [5.41, 5.74) is 4.10. The van der Waals surface area contributed by atoms with Gasteiger partial charge in [-0.1, -0.05) is 60.1 Å². The van der Waals surface area contributed by atoms with Crippen LogP contribution in [0.15, 0.2) is 60.7 Å². The van der Waals surface area contributed by atoms with Crippen LogP contribution in [-0.2, 0) is 9.53 Å². The Kier molecular flexibility index (Phi) is 5.94. The highest BCUT2D eigenvalue weighted by Crippen LogP contribution is 2.44. The van der Waals surface area contributed by atoms with Crippen molar-refractivity contribution >= 4 is 23.5 Å². The molecular formula is C25H22ClN3O6. The molecule has 1 amide bonds. The molecule has 3 aromatic rings. The Bertz CT molecular complexity index is 1280. The first-order valence-electron chi connectivity index (χ1n) is 11.2. The molecule has 2 N–H and O–H groups in total. The number of halogens is 1. The molecule has 5 rings (SSSR count). The third kappa shape index (κ3) is 4.35. The van der Waals surface area contributed by atoms with Crippen LogP contribution < -0.4 is 5.32 Å². The fourth-order valence-electron chi connectivity index (χ4n) is 4.77. The molecule has 1 saturated carbocycles. The van der Waals surface area contributed by atoms with Crippen LogP contribution in [0, 0.1) is 16.0 Å². The lowest BCUT2D eigenvalue weighted by molar-refractivity contribution is -0.498. The number of carbonyl (C=O) groups excluding carboxylic acids is 2. The lowest BCUT2D eigenvalue weighted by Crippen LogP contribution is -2.43. The van der Waals surface area contributed by atoms with Gasteiger partial charge >= 0.3 is 5.97 Å². The fourth-order valence-corrected chi connectivity index (χ4v) is 4.93. The molecule has 2 aliphatic rings. The van der Waals surface area contributed by atoms with Gasteiger partial charge in [-0.25, -0.2) is 4.79 Å². The smallest absolute Gasteiger partial charge is 0.328 e. The van der Waals surface area contributed by atoms with E-state index in [9.17, 15) is 24.9 Å². The molecule has 180 valence electrons. The van der Waals surface area contributed by atoms with Crippen LogP contribution in [0.25, 0.3) is 11.1 Å². The van der Waals surface area contributed by atoms with E-state index in [0.29, 0.717) is 11.2 Å². The van der Waals surface area contributed by atoms with Crippen LogP contribution in [0.5, 0.6) is 0 Å². The van der Waals surface area contributed by atoms with Crippen LogP contribution in [0.1, 0.15) is 40.4 Å². The normalized spacial score (nSPS) is 18.9. The van der Waals surface area contributed by atoms with Gasteiger partial charge in [0, 0.05) is 23.2 Å². The molecule has 10 heteroatoms. The molecule has 0 aliphatic heterocycles. The van der Waals surface area contributed by atoms with Gasteiger partial charge in [0.25, 0.3) is 5.91 Å². The summed E-state index contributed by atoms with van der Waals surface area (Å²) < 4.78 is 6.18. The maximum Gasteiger partial charge on any atom is 0.328 e. The number of nitro groups is 1. The molecule has 1 aromatic heterocycles. The van der Waals surface area contributed by atoms with E-state index < -0.39 is 24.0 Å². The Morgan fingerprint density at radius 2 is 1.74 bits per heavy atom. The zero-order valence-corrected chi connectivity index (χ0v) is 19.2. The summed E-state index contributed by atoms with van der Waals surface area (Å²) in [5.74, 6) is -1.93. The SMILES string of the molecule is O=C(N[C@@H](C[C@@H]1C[C@H]1[N+](=O)[O-])C(=O)OCC1c2ccccc2-c2ccccc21)c1ccc(Cl)n1O. The van der Waals surface area contributed by atoms with Gasteiger partial charge in [0.15, 0.2) is 0 Å². The summed E-state index contributed by atoms with van der Waals surface area (Å²) in [6, 6.07) is 16.6. The lowest BCUT2D eigenvalue weighted by Gasteiger charge is -2.20. The van der Waals surface area contributed by atoms with Crippen LogP contribution in [-0.4, -0.2) is 45.4 Å². The fraction of sp³-hybridized carbons (Fsp3) is 0.280. The van der Waals surface area contributed by atoms with E-state index in [1.54, 1.807) is 0 Å². The van der Waals surface area contributed by atoms with E-state index in [1.807, 2.05) is 48.5 Å². The summed E-state index contributed by atoms with van der Waals surface area (Å²) in [5, 5.41) is 23.5. The number of hydrogen-bond donors (Lipinski definition) is 2. The van der Waals surface area contributed by atoms with Crippen molar-refractivity contribution in [2.75, 3.05) is 6.61 Å². The predicted molar refractivity (Wildman–Crippen MR) is 126 cm³/mol. The third-order valence-electron chi connectivity index (χ3n) is 6.68. The minimum atomic E-state index is -1.11. The number of hydrogen-bond acceptors (Lipinski definition) is 6. The standard InChI is InChI=1S/C25H22ClN3O6/c26-23-10-9-21(28(23)32)24(30)27-20(11-14-12-22(14)29(33)34)25(31)35-13-19-17-7-3-1-5-15(17)16-6-2-4-8-18(16)19/h1-10,14,19-20,22,32H,11-13H2,(H,27,30)/t14-,20+,22-/m1/s1. The highest BCUT2D eigenvalue weighted by atomic mass is 35.5. The van der Waals surface area contributed by atoms with Crippen molar-refractivity contribution in [2.24, 2.45) is 5.92 Å². The number of fused-ring (bicyclic) bond motifs is 3. The first-order valence-corrected chi connectivity index (χ1v) is 11.6. The van der Waals surface area contributed by atoms with Crippen molar-refractivity contribution in [1.29, 1.82) is 0 Å². The third-order valence-corrected chi connectivity index (χ3v) is 6.97. The summed E-state index contributed by atoms with van der Waals surface area (Å²) in [4.78, 5) is 36.5. The van der Waals surface area contributed by atoms with E-state index in [2.05, 4.69) is 5.32 Å². The van der Waals surface area contributed by atoms with E-state index in [-0.39, 0.29) is 40.6 Å². The van der Waals surface area contributed by atoms with Crippen molar-refractivity contribution in [3.8, 4) is 11.1 Å². The maximum atomic E-state index is 13.1. The molecule has 3 atom stereocenters. The molecule has 2 aliphatic carbocycles. The number of carbonyl (C=O) groups is 2. The van der Waals surface area contributed by atoms with Crippen LogP contribution in [0.2, 0.25) is 5.15 Å². The lowest BCUT2D eigenvalue weighted by atomic mass is 9.98. The second-order valence-electron chi connectivity index (χ2n) is 8.82. The van der Waals surface area contributed by atoms with Gasteiger partial charge in [0.2, 0.25) is 6.04 Å². The minimum Gasteiger partial charge on any atom is -0.463 e. The zero-order valence-electron chi connectivity index (χ0n) is 18.5. The van der Waals surface area contributed by atoms with Gasteiger partial charge in [-0.2, -0.15) is 4.73 Å². The highest BCUT2D eigenvalue weighted by molar-refractivity contribution is 6.30. The van der Waals surface area contributed by atoms with Gasteiger partial charge in [0.05, 0.1) is 0 Å². The summed E-state index contributed by atoms with van der Waals surface area (Å²) >= 11 is 5.79. The number of ether oxygens (including phenoxy) is 1. The number of benzene rings is 2. The number of nitrogens with zero attached hydrogens (tertiary/aromatic N) is 2. The number of aromatic nitrogens is 1. The Morgan fingerprint density at radius 1 is 1.11 bits per heavy atom. The number of amides is 1. The Morgan fingerprint density at radius 3 is 2.29 bits per heavy atom. The van der Waals surface area contributed by atoms with E-state index >= 15 is 0 Å². The molecule has 1 heterocycles. The summed E-state index contributed by atoms with van der Waals surface area (Å²) in [6.07, 6.45) is 0.395. The Hall–Kier alpha value is -3.85. The van der Waals surface area contributed by atoms with Crippen molar-refractivity contribution in [1.82, 2.24) is 10.0 Å². The van der Waals surface area contributed by atoms with Gasteiger partial charge in [-0.15, -0.1) is 0 Å². The van der Waals surface area contributed by atoms with Crippen LogP contribution in [0.3, 0.4) is 0 Å². The van der Waals surface area contributed by atoms with E-state index in [0.717, 1.165) is 22.3 Å². The van der Waals surface area contributed by atoms with Crippen molar-refractivity contribution in [2.45, 2.75) is 30.8 Å². The largest absolute Gasteiger partial charge is 0.463 e. The number of rotatable bonds is 8. The zero-order chi connectivity index (χ0) is 24.7. The highest BCUT2D eigenvalue weighted by Gasteiger charge is 2.50. The van der Waals surface area contributed by atoms with Crippen LogP contribution >= 0.6 is 11.6 Å². The summed E-state index contributed by atoms with van der Waals surface area (Å²) in [6.45, 7) is 0.0603. The van der Waals surface area contributed by atoms with Gasteiger partial charge < -0.3 is 15.3 Å². The van der Waals surface area contributed by atoms with Crippen LogP contribution in [0.4, 0.5) is 0 Å². The Labute approximate surface area is 205 Å². The molecule has 35 heavy (non-hydrogen) atoms. The van der Waals surface area contributed by atoms with Gasteiger partial charge in [-0.05, 0) is 40.8 Å². The average Bonchev–Trinajstić information content (AvgIpc) is 3.46. The molecule has 0 unspecified atom stereocenters. The van der Waals surface area contributed by atoms with Crippen molar-refractivity contribution < 1.29 is 24.5 Å². The Balaban J connectivity index is 1.32. The van der Waals surface area contributed by atoms with E-state index in [4.69, 9.17) is 16.3 Å². The molecule has 0 spiro atoms. The maximum absolute atomic E-state index is 13.1. The number of nitrogens with one attached hydrogen (secondary N) is 1. The van der Waals surface area contributed by atoms with Crippen molar-refractivity contribution in [3.05, 3.63) is 92.8 Å². The monoisotopic (exact) mass is 495 g/mol. The van der Waals surface area contributed by atoms with Gasteiger partial charge in [-0.3, -0.25) is 14.9 Å². The summed E-state index contributed by atoms with van der Waals surface area (Å²) in [7, 11) is 0. The molecule has 1 fully saturated rings. The molecule has 0 bridgehead atoms. The molecule has 0 radical (unpaired) electrons. The average molecular weight is 496 g/mol. The molecular weight excluding hydrogens is 474 g/mol. The molecule has 0 saturated heterocycles. The quantitative estimate of drug-likeness (QED) is 0.211.